The van der Waals surface area contributed by atoms with Crippen molar-refractivity contribution in [1.82, 2.24) is 26.6 Å². The fourth-order valence-electron chi connectivity index (χ4n) is 15.0. The molecular weight excluding hydrogens is 1650 g/mol. The van der Waals surface area contributed by atoms with Crippen LogP contribution in [-0.4, -0.2) is 172 Å². The predicted molar refractivity (Wildman–Crippen MR) is 560 cm³/mol. The highest BCUT2D eigenvalue weighted by Gasteiger charge is 2.30. The molecule has 2 aliphatic rings. The number of nitrogens with two attached hydrogens (primary N) is 1. The summed E-state index contributed by atoms with van der Waals surface area (Å²) in [5.74, 6) is 12.0. The second kappa shape index (κ2) is 92.7. The fraction of sp³-hybridized carbons (Fsp3) is 0.936. The van der Waals surface area contributed by atoms with Crippen molar-refractivity contribution in [2.75, 3.05) is 78.9 Å². The summed E-state index contributed by atoms with van der Waals surface area (Å²) in [5.41, 5.74) is 3.65. The van der Waals surface area contributed by atoms with Crippen molar-refractivity contribution in [1.29, 1.82) is 0 Å². The lowest BCUT2D eigenvalue weighted by Gasteiger charge is -2.23. The topological polar surface area (TPSA) is 367 Å². The van der Waals surface area contributed by atoms with Crippen LogP contribution in [0.25, 0.3) is 0 Å². The average Bonchev–Trinajstić information content (AvgIpc) is 1.31. The largest absolute Gasteiger partial charge is 0.396 e. The second-order valence-electron chi connectivity index (χ2n) is 42.7. The van der Waals surface area contributed by atoms with Gasteiger partial charge in [-0.15, -0.1) is 0 Å². The van der Waals surface area contributed by atoms with Gasteiger partial charge in [0.1, 0.15) is 11.6 Å². The molecule has 790 valence electrons. The molecule has 2 fully saturated rings. The van der Waals surface area contributed by atoms with Crippen LogP contribution >= 0.6 is 0 Å². The molecule has 5 amide bonds. The number of Topliss-reactive ketones (excluding diaryl/α,β-unsaturated/α-hetero) is 2. The Balaban J connectivity index is -0.000000179. The summed E-state index contributed by atoms with van der Waals surface area (Å²) in [6, 6.07) is 0. The summed E-state index contributed by atoms with van der Waals surface area (Å²) in [6.45, 7) is 80.4. The van der Waals surface area contributed by atoms with E-state index in [1.54, 1.807) is 27.7 Å². The van der Waals surface area contributed by atoms with Crippen LogP contribution in [0.3, 0.4) is 0 Å². The first kappa shape index (κ1) is 145. The van der Waals surface area contributed by atoms with E-state index in [0.717, 1.165) is 102 Å². The van der Waals surface area contributed by atoms with Crippen LogP contribution in [0.2, 0.25) is 0 Å². The summed E-state index contributed by atoms with van der Waals surface area (Å²) < 4.78 is 0. The van der Waals surface area contributed by atoms with Crippen LogP contribution in [0.15, 0.2) is 0 Å². The van der Waals surface area contributed by atoms with Gasteiger partial charge in [0.05, 0.1) is 24.4 Å². The van der Waals surface area contributed by atoms with E-state index in [1.807, 2.05) is 13.8 Å². The molecule has 0 unspecified atom stereocenters. The molecule has 2 rings (SSSR count). The summed E-state index contributed by atoms with van der Waals surface area (Å²) in [7, 11) is 0. The van der Waals surface area contributed by atoms with Crippen molar-refractivity contribution >= 4 is 41.1 Å². The van der Waals surface area contributed by atoms with E-state index in [-0.39, 0.29) is 72.3 Å². The van der Waals surface area contributed by atoms with E-state index in [4.69, 9.17) is 36.4 Å². The number of hydrogen-bond acceptors (Lipinski definition) is 16. The molecule has 2 saturated carbocycles. The smallest absolute Gasteiger partial charge is 0.223 e. The van der Waals surface area contributed by atoms with Crippen molar-refractivity contribution < 1.29 is 74.4 Å². The molecule has 0 aromatic carbocycles. The van der Waals surface area contributed by atoms with Crippen LogP contribution in [0.5, 0.6) is 0 Å². The summed E-state index contributed by atoms with van der Waals surface area (Å²) in [4.78, 5) is 80.9. The molecule has 2 aliphatic carbocycles. The minimum absolute atomic E-state index is 0.0165. The third kappa shape index (κ3) is 90.0. The number of nitrogens with one attached hydrogen (secondary N) is 5. The Morgan fingerprint density at radius 3 is 0.626 bits per heavy atom. The van der Waals surface area contributed by atoms with Crippen LogP contribution < -0.4 is 32.3 Å². The molecule has 0 saturated heterocycles. The fourth-order valence-corrected chi connectivity index (χ4v) is 15.0. The highest BCUT2D eigenvalue weighted by Crippen LogP contribution is 2.38. The first-order valence-corrected chi connectivity index (χ1v) is 53.4. The van der Waals surface area contributed by atoms with Gasteiger partial charge in [-0.3, -0.25) is 33.6 Å². The molecule has 0 bridgehead atoms. The Morgan fingerprint density at radius 1 is 0.282 bits per heavy atom. The first-order chi connectivity index (χ1) is 61.1. The number of aliphatic hydroxyl groups is 8. The number of carbonyl (C=O) groups is 7. The van der Waals surface area contributed by atoms with Gasteiger partial charge in [0.2, 0.25) is 29.5 Å². The van der Waals surface area contributed by atoms with Gasteiger partial charge in [0.25, 0.3) is 0 Å². The lowest BCUT2D eigenvalue weighted by molar-refractivity contribution is -0.128. The first-order valence-electron chi connectivity index (χ1n) is 53.4. The van der Waals surface area contributed by atoms with Gasteiger partial charge >= 0.3 is 0 Å². The number of hydrogen-bond donors (Lipinski definition) is 14. The maximum atomic E-state index is 11.8. The molecule has 21 nitrogen and oxygen atoms in total. The molecule has 0 heterocycles. The van der Waals surface area contributed by atoms with Crippen molar-refractivity contribution in [3.8, 4) is 0 Å². The Labute approximate surface area is 811 Å². The third-order valence-corrected chi connectivity index (χ3v) is 24.9. The van der Waals surface area contributed by atoms with Crippen LogP contribution in [0.4, 0.5) is 0 Å². The molecule has 21 heteroatoms. The van der Waals surface area contributed by atoms with Crippen LogP contribution in [-0.2, 0) is 33.6 Å². The summed E-state index contributed by atoms with van der Waals surface area (Å²) >= 11 is 0. The molecule has 0 radical (unpaired) electrons. The van der Waals surface area contributed by atoms with Crippen LogP contribution in [0.1, 0.15) is 436 Å². The van der Waals surface area contributed by atoms with Gasteiger partial charge in [-0.1, -0.05) is 325 Å². The van der Waals surface area contributed by atoms with Crippen molar-refractivity contribution in [2.24, 2.45) is 148 Å². The van der Waals surface area contributed by atoms with E-state index in [9.17, 15) is 43.8 Å². The minimum atomic E-state index is -0.830. The van der Waals surface area contributed by atoms with E-state index in [0.29, 0.717) is 191 Å². The van der Waals surface area contributed by atoms with Crippen LogP contribution in [0, 0.1) is 142 Å². The molecule has 0 aliphatic heterocycles. The maximum Gasteiger partial charge on any atom is 0.223 e. The highest BCUT2D eigenvalue weighted by atomic mass is 16.3. The van der Waals surface area contributed by atoms with E-state index >= 15 is 0 Å². The zero-order valence-corrected chi connectivity index (χ0v) is 93.2. The normalized spacial score (nSPS) is 14.8. The Morgan fingerprint density at radius 2 is 0.481 bits per heavy atom. The number of unbranched alkanes of at least 4 members (excludes halogenated alkanes) is 2. The van der Waals surface area contributed by atoms with Gasteiger partial charge in [-0.25, -0.2) is 0 Å². The monoisotopic (exact) mass is 1880 g/mol. The summed E-state index contributed by atoms with van der Waals surface area (Å²) in [6.07, 6.45) is 31.0. The molecule has 11 atom stereocenters. The minimum Gasteiger partial charge on any atom is -0.396 e. The quantitative estimate of drug-likeness (QED) is 0.0269. The lowest BCUT2D eigenvalue weighted by Crippen LogP contribution is -2.42. The van der Waals surface area contributed by atoms with Crippen molar-refractivity contribution in [3.05, 3.63) is 0 Å². The lowest BCUT2D eigenvalue weighted by atomic mass is 9.87. The average molecular weight is 1880 g/mol. The zero-order valence-electron chi connectivity index (χ0n) is 93.2. The zero-order chi connectivity index (χ0) is 104. The number of ketones is 2. The number of carbonyl (C=O) groups excluding carboxylic acids is 7. The third-order valence-electron chi connectivity index (χ3n) is 24.9. The SMILES string of the molecule is CC(C)[C@@H](CO)CC1CC1.CC(C)[C@H](CO)CC1CC1.CCCC[C@@H](CO)C(C)C.CCCC[C@H](CO)C(C)C.CCC[C@@H](C(=O)CC)C(C)C.CCC[C@@H](C(=O)NCC(C)(C)O)C(C)C.CCC[C@@H](C(=O)NCCN)C(C)C.CCC[C@@H](C(=O)NCCO)C(C)C.CCC[C@H](C(=O)CC)C(C)C.CCC[C@H](C(=O)NCC(C)(C)O)C(C)C.CCC[C@H](C(=O)NCCO)C(C)C. The second-order valence-corrected chi connectivity index (χ2v) is 42.7. The van der Waals surface area contributed by atoms with Gasteiger partial charge in [0, 0.05) is 120 Å². The standard InChI is InChI=1S/2C12H25NO2.C10H22N2O.2C10H21NO2.2C10H20O.2C9H18O.2C9H20O/c2*1-6-7-10(9(2)3)11(14)13-8-12(4,5)15;1-4-5-9(8(2)3)10(13)12-7-6-11;2*1-4-5-9(8(2)3)10(13)11-6-7-12;2*1-5-7-9(8(3)4)10(11)6-2;2*1-7(2)9(6-10)5-8-3-4-8;2*1-4-5-6-9(7-10)8(2)3/h2*9-10,15H,6-8H2,1-5H3,(H,13,14);8-9H,4-7,11H2,1-3H3,(H,12,13);2*8-9,12H,4-7H2,1-3H3,(H,11,13);2*8-9H,5-7H2,1-4H3;2*7-10H,3-6H2,1-2H3;2*8-10H,4-7H2,1-3H3/t2*10-;9*9-/m10110101010/s1. The number of aliphatic hydroxyl groups excluding tert-OH is 6. The van der Waals surface area contributed by atoms with E-state index in [1.165, 1.54) is 77.0 Å². The Hall–Kier alpha value is -3.67. The van der Waals surface area contributed by atoms with Gasteiger partial charge < -0.3 is 73.2 Å². The molecule has 0 aromatic rings. The molecular formula is C110H230N6O15. The van der Waals surface area contributed by atoms with E-state index < -0.39 is 11.2 Å². The molecule has 0 aromatic heterocycles. The Bertz CT molecular complexity index is 2360. The Kier molecular flexibility index (Phi) is 103. The number of rotatable bonds is 58. The predicted octanol–water partition coefficient (Wildman–Crippen LogP) is 22.4. The van der Waals surface area contributed by atoms with Gasteiger partial charge in [-0.2, -0.15) is 0 Å². The van der Waals surface area contributed by atoms with Gasteiger partial charge in [-0.05, 0) is 199 Å². The molecule has 0 spiro atoms. The van der Waals surface area contributed by atoms with Crippen molar-refractivity contribution in [3.63, 3.8) is 0 Å². The van der Waals surface area contributed by atoms with Gasteiger partial charge in [0.15, 0.2) is 0 Å². The summed E-state index contributed by atoms with van der Waals surface area (Å²) in [5, 5.41) is 85.8. The van der Waals surface area contributed by atoms with E-state index in [2.05, 4.69) is 241 Å². The number of amides is 5. The van der Waals surface area contributed by atoms with Crippen molar-refractivity contribution in [2.45, 2.75) is 447 Å². The highest BCUT2D eigenvalue weighted by molar-refractivity contribution is 5.82. The molecule has 15 N–H and O–H groups in total. The maximum absolute atomic E-state index is 11.8. The molecule has 131 heavy (non-hydrogen) atoms.